The molecule has 3 nitrogen and oxygen atoms in total. The topological polar surface area (TPSA) is 29.6 Å². The van der Waals surface area contributed by atoms with Crippen LogP contribution in [0.2, 0.25) is 0 Å². The zero-order valence-corrected chi connectivity index (χ0v) is 26.7. The molecule has 0 radical (unpaired) electrons. The Morgan fingerprint density at radius 3 is 2.22 bits per heavy atom. The second kappa shape index (κ2) is 15.8. The molecule has 5 rings (SSSR count). The lowest BCUT2D eigenvalue weighted by molar-refractivity contribution is 1.24. The summed E-state index contributed by atoms with van der Waals surface area (Å²) in [5, 5.41) is 2.47. The maximum Gasteiger partial charge on any atom is 0.0701 e. The zero-order valence-electron chi connectivity index (χ0n) is 26.7. The van der Waals surface area contributed by atoms with E-state index in [0.717, 1.165) is 28.0 Å². The van der Waals surface area contributed by atoms with E-state index in [1.54, 1.807) is 6.20 Å². The summed E-state index contributed by atoms with van der Waals surface area (Å²) in [7, 11) is 0. The number of para-hydroxylation sites is 1. The van der Waals surface area contributed by atoms with E-state index >= 15 is 0 Å². The molecule has 0 amide bonds. The van der Waals surface area contributed by atoms with Crippen molar-refractivity contribution in [2.75, 3.05) is 0 Å². The van der Waals surface area contributed by atoms with Gasteiger partial charge in [-0.3, -0.25) is 9.98 Å². The van der Waals surface area contributed by atoms with Crippen LogP contribution in [0.3, 0.4) is 0 Å². The van der Waals surface area contributed by atoms with Crippen LogP contribution in [0.25, 0.3) is 44.3 Å². The molecule has 5 aromatic rings. The van der Waals surface area contributed by atoms with Crippen LogP contribution in [0, 0.1) is 13.8 Å². The molecule has 3 heteroatoms. The van der Waals surface area contributed by atoms with Gasteiger partial charge in [-0.05, 0) is 92.3 Å². The van der Waals surface area contributed by atoms with E-state index in [-0.39, 0.29) is 0 Å². The Morgan fingerprint density at radius 2 is 1.41 bits per heavy atom. The molecule has 0 spiro atoms. The number of aliphatic imine (C=N–C) groups is 2. The van der Waals surface area contributed by atoms with E-state index in [4.69, 9.17) is 4.99 Å². The van der Waals surface area contributed by atoms with Gasteiger partial charge in [0.05, 0.1) is 16.7 Å². The Morgan fingerprint density at radius 1 is 0.674 bits per heavy atom. The average Bonchev–Trinajstić information content (AvgIpc) is 3.42. The Kier molecular flexibility index (Phi) is 10.8. The van der Waals surface area contributed by atoms with Crippen LogP contribution in [0.1, 0.15) is 23.6 Å². The van der Waals surface area contributed by atoms with Crippen molar-refractivity contribution < 1.29 is 0 Å². The van der Waals surface area contributed by atoms with Gasteiger partial charge in [-0.1, -0.05) is 115 Å². The molecule has 0 atom stereocenters. The Labute approximate surface area is 272 Å². The average molecular weight is 598 g/mol. The van der Waals surface area contributed by atoms with Crippen molar-refractivity contribution in [2.45, 2.75) is 20.8 Å². The minimum Gasteiger partial charge on any atom is -0.309 e. The van der Waals surface area contributed by atoms with Crippen molar-refractivity contribution in [1.29, 1.82) is 0 Å². The molecule has 0 saturated heterocycles. The molecule has 0 saturated carbocycles. The summed E-state index contributed by atoms with van der Waals surface area (Å²) in [6.07, 6.45) is 25.6. The quantitative estimate of drug-likeness (QED) is 0.107. The molecule has 0 aliphatic rings. The first-order valence-electron chi connectivity index (χ1n) is 15.5. The highest BCUT2D eigenvalue weighted by atomic mass is 15.0. The van der Waals surface area contributed by atoms with E-state index in [1.807, 2.05) is 86.0 Å². The first kappa shape index (κ1) is 31.6. The predicted octanol–water partition coefficient (Wildman–Crippen LogP) is 11.5. The third-order valence-corrected chi connectivity index (χ3v) is 7.78. The SMILES string of the molecule is C=N\C=C/C=C(\C=C\C=N/C(=C\C=C/C=C\C=C\C)c1ccccc1)n1c2ccccc2c2c(C)c(-c3ccccc3C)ccc21. The maximum absolute atomic E-state index is 4.85. The highest BCUT2D eigenvalue weighted by molar-refractivity contribution is 6.13. The van der Waals surface area contributed by atoms with E-state index in [2.05, 4.69) is 115 Å². The second-order valence-corrected chi connectivity index (χ2v) is 10.8. The number of hydrogen-bond acceptors (Lipinski definition) is 2. The molecule has 0 bridgehead atoms. The van der Waals surface area contributed by atoms with Crippen molar-refractivity contribution in [3.63, 3.8) is 0 Å². The van der Waals surface area contributed by atoms with Crippen molar-refractivity contribution >= 4 is 46.1 Å². The highest BCUT2D eigenvalue weighted by Gasteiger charge is 2.17. The van der Waals surface area contributed by atoms with Gasteiger partial charge in [0.15, 0.2) is 0 Å². The maximum atomic E-state index is 4.85. The second-order valence-electron chi connectivity index (χ2n) is 10.8. The van der Waals surface area contributed by atoms with Crippen LogP contribution in [0.5, 0.6) is 0 Å². The predicted molar refractivity (Wildman–Crippen MR) is 202 cm³/mol. The van der Waals surface area contributed by atoms with Gasteiger partial charge in [-0.2, -0.15) is 0 Å². The lowest BCUT2D eigenvalue weighted by atomic mass is 9.94. The van der Waals surface area contributed by atoms with Crippen LogP contribution in [0.4, 0.5) is 0 Å². The monoisotopic (exact) mass is 597 g/mol. The van der Waals surface area contributed by atoms with Gasteiger partial charge in [-0.15, -0.1) is 0 Å². The summed E-state index contributed by atoms with van der Waals surface area (Å²) in [4.78, 5) is 8.78. The number of nitrogens with zero attached hydrogens (tertiary/aromatic N) is 3. The molecule has 0 N–H and O–H groups in total. The third-order valence-electron chi connectivity index (χ3n) is 7.78. The number of allylic oxidation sites excluding steroid dienone is 12. The normalized spacial score (nSPS) is 13.4. The van der Waals surface area contributed by atoms with Gasteiger partial charge < -0.3 is 4.57 Å². The van der Waals surface area contributed by atoms with Crippen molar-refractivity contribution in [3.8, 4) is 11.1 Å². The first-order chi connectivity index (χ1) is 22.6. The summed E-state index contributed by atoms with van der Waals surface area (Å²) in [6.45, 7) is 10.0. The molecule has 0 aliphatic heterocycles. The zero-order chi connectivity index (χ0) is 32.1. The molecule has 0 aliphatic carbocycles. The third kappa shape index (κ3) is 7.28. The fourth-order valence-electron chi connectivity index (χ4n) is 5.62. The molecule has 46 heavy (non-hydrogen) atoms. The van der Waals surface area contributed by atoms with Crippen LogP contribution in [-0.2, 0) is 0 Å². The summed E-state index contributed by atoms with van der Waals surface area (Å²) < 4.78 is 2.31. The van der Waals surface area contributed by atoms with Crippen molar-refractivity contribution in [2.24, 2.45) is 9.98 Å². The van der Waals surface area contributed by atoms with Gasteiger partial charge in [0.2, 0.25) is 0 Å². The van der Waals surface area contributed by atoms with E-state index in [0.29, 0.717) is 0 Å². The number of aromatic nitrogens is 1. The number of aryl methyl sites for hydroxylation is 2. The van der Waals surface area contributed by atoms with Gasteiger partial charge in [-0.25, -0.2) is 0 Å². The summed E-state index contributed by atoms with van der Waals surface area (Å²) in [5.41, 5.74) is 10.2. The van der Waals surface area contributed by atoms with Crippen LogP contribution >= 0.6 is 0 Å². The van der Waals surface area contributed by atoms with Gasteiger partial charge >= 0.3 is 0 Å². The van der Waals surface area contributed by atoms with E-state index in [1.165, 1.54) is 33.0 Å². The summed E-state index contributed by atoms with van der Waals surface area (Å²) >= 11 is 0. The van der Waals surface area contributed by atoms with Crippen LogP contribution in [-0.4, -0.2) is 17.5 Å². The van der Waals surface area contributed by atoms with E-state index in [9.17, 15) is 0 Å². The lowest BCUT2D eigenvalue weighted by Crippen LogP contribution is -1.95. The molecular weight excluding hydrogens is 558 g/mol. The number of rotatable bonds is 11. The van der Waals surface area contributed by atoms with Gasteiger partial charge in [0.1, 0.15) is 0 Å². The number of fused-ring (bicyclic) bond motifs is 3. The minimum atomic E-state index is 0.874. The molecule has 4 aromatic carbocycles. The van der Waals surface area contributed by atoms with Gasteiger partial charge in [0, 0.05) is 34.4 Å². The fourth-order valence-corrected chi connectivity index (χ4v) is 5.62. The van der Waals surface area contributed by atoms with Gasteiger partial charge in [0.25, 0.3) is 0 Å². The Balaban J connectivity index is 1.58. The molecule has 226 valence electrons. The summed E-state index contributed by atoms with van der Waals surface area (Å²) in [5.74, 6) is 0. The molecule has 0 unspecified atom stereocenters. The molecule has 0 fully saturated rings. The standard InChI is InChI=1S/C43H39N3/c1-5-6-7-8-9-13-27-40(35-21-11-10-12-22-35)45-32-19-24-36(23-18-31-44-4)46-41-28-17-16-26-39(41)43-34(3)38(29-30-42(43)46)37-25-15-14-20-33(37)2/h5-32H,4H2,1-3H3/b6-5+,8-7-,13-9-,24-19+,31-18-,36-23+,40-27-,45-32-. The number of hydrogen-bond donors (Lipinski definition) is 0. The molecular formula is C43H39N3. The summed E-state index contributed by atoms with van der Waals surface area (Å²) in [6, 6.07) is 31.9. The minimum absolute atomic E-state index is 0.874. The smallest absolute Gasteiger partial charge is 0.0701 e. The van der Waals surface area contributed by atoms with E-state index < -0.39 is 0 Å². The lowest BCUT2D eigenvalue weighted by Gasteiger charge is -2.12. The number of benzene rings is 4. The first-order valence-corrected chi connectivity index (χ1v) is 15.5. The van der Waals surface area contributed by atoms with Crippen molar-refractivity contribution in [1.82, 2.24) is 4.57 Å². The highest BCUT2D eigenvalue weighted by Crippen LogP contribution is 2.39. The Hall–Kier alpha value is -5.80. The van der Waals surface area contributed by atoms with Crippen LogP contribution in [0.15, 0.2) is 174 Å². The molecule has 1 aromatic heterocycles. The molecule has 1 heterocycles. The largest absolute Gasteiger partial charge is 0.309 e. The fraction of sp³-hybridized carbons (Fsp3) is 0.0698. The van der Waals surface area contributed by atoms with Crippen molar-refractivity contribution in [3.05, 3.63) is 181 Å². The Bertz CT molecular complexity index is 2070. The van der Waals surface area contributed by atoms with Crippen LogP contribution < -0.4 is 0 Å².